The molecule has 35 heavy (non-hydrogen) atoms. The summed E-state index contributed by atoms with van der Waals surface area (Å²) in [5, 5.41) is 19.4. The minimum Gasteiger partial charge on any atom is -0.631 e. The van der Waals surface area contributed by atoms with Crippen LogP contribution in [0, 0.1) is 5.21 Å². The number of benzene rings is 2. The van der Waals surface area contributed by atoms with Crippen molar-refractivity contribution in [2.45, 2.75) is 70.3 Å². The summed E-state index contributed by atoms with van der Waals surface area (Å²) in [5.74, 6) is 0.494. The molecule has 1 saturated heterocycles. The Kier molecular flexibility index (Phi) is 8.45. The van der Waals surface area contributed by atoms with Crippen molar-refractivity contribution in [2.75, 3.05) is 23.7 Å². The van der Waals surface area contributed by atoms with Gasteiger partial charge in [-0.05, 0) is 75.2 Å². The highest BCUT2D eigenvalue weighted by atomic mass is 35.5. The molecular weight excluding hydrogens is 487 g/mol. The monoisotopic (exact) mass is 520 g/mol. The predicted molar refractivity (Wildman–Crippen MR) is 142 cm³/mol. The summed E-state index contributed by atoms with van der Waals surface area (Å²) >= 11 is 6.34. The lowest BCUT2D eigenvalue weighted by Crippen LogP contribution is -3.11. The van der Waals surface area contributed by atoms with Crippen LogP contribution in [0.5, 0.6) is 5.75 Å². The third-order valence-corrected chi connectivity index (χ3v) is 7.58. The molecule has 2 heterocycles. The SMILES string of the molecule is C[C@H]1Oc2ccc(NC(=O)c3ccc(Cl)cc3N[C@@H]3CCCC[C@@H]3N3CCCC3)cc2C[NH+]1[O-].Cl. The van der Waals surface area contributed by atoms with Gasteiger partial charge in [0.05, 0.1) is 11.1 Å². The van der Waals surface area contributed by atoms with Crippen molar-refractivity contribution in [3.8, 4) is 5.75 Å². The van der Waals surface area contributed by atoms with Gasteiger partial charge in [0.15, 0.2) is 0 Å². The second-order valence-electron chi connectivity index (χ2n) is 9.72. The first kappa shape index (κ1) is 26.0. The molecule has 0 spiro atoms. The van der Waals surface area contributed by atoms with Crippen molar-refractivity contribution >= 4 is 41.3 Å². The van der Waals surface area contributed by atoms with Crippen molar-refractivity contribution in [2.24, 2.45) is 0 Å². The number of hydrogen-bond donors (Lipinski definition) is 3. The molecule has 2 aromatic rings. The molecule has 1 amide bonds. The van der Waals surface area contributed by atoms with Gasteiger partial charge in [-0.1, -0.05) is 24.4 Å². The Morgan fingerprint density at radius 2 is 1.89 bits per heavy atom. The van der Waals surface area contributed by atoms with Gasteiger partial charge in [0.25, 0.3) is 5.91 Å². The number of amides is 1. The molecular formula is C26H34Cl2N4O3. The summed E-state index contributed by atoms with van der Waals surface area (Å²) in [5.41, 5.74) is 2.77. The molecule has 0 bridgehead atoms. The number of hydrogen-bond acceptors (Lipinski definition) is 5. The van der Waals surface area contributed by atoms with Gasteiger partial charge < -0.3 is 25.6 Å². The minimum absolute atomic E-state index is 0. The number of carbonyl (C=O) groups is 1. The highest BCUT2D eigenvalue weighted by Crippen LogP contribution is 2.31. The molecule has 3 N–H and O–H groups in total. The quantitative estimate of drug-likeness (QED) is 0.507. The van der Waals surface area contributed by atoms with Crippen molar-refractivity contribution < 1.29 is 14.6 Å². The first-order valence-corrected chi connectivity index (χ1v) is 12.8. The molecule has 4 atom stereocenters. The molecule has 190 valence electrons. The third-order valence-electron chi connectivity index (χ3n) is 7.35. The maximum atomic E-state index is 13.3. The normalized spacial score (nSPS) is 26.3. The van der Waals surface area contributed by atoms with Crippen LogP contribution in [0.4, 0.5) is 11.4 Å². The highest BCUT2D eigenvalue weighted by molar-refractivity contribution is 6.31. The van der Waals surface area contributed by atoms with Crippen LogP contribution in [0.15, 0.2) is 36.4 Å². The van der Waals surface area contributed by atoms with E-state index in [1.54, 1.807) is 19.1 Å². The molecule has 1 saturated carbocycles. The first-order chi connectivity index (χ1) is 16.5. The van der Waals surface area contributed by atoms with E-state index in [2.05, 4.69) is 15.5 Å². The standard InChI is InChI=1S/C26H33ClN4O3.ClH/c1-17-31(33)16-18-14-20(9-11-25(18)34-17)28-26(32)21-10-8-19(27)15-23(21)29-22-6-2-3-7-24(22)30-12-4-5-13-30;/h8-11,14-15,17,22,24,29,31H,2-7,12-13,16H2,1H3,(H,28,32);1H/t17-,22-,24+;/m1./s1. The summed E-state index contributed by atoms with van der Waals surface area (Å²) in [6.07, 6.45) is 6.83. The van der Waals surface area contributed by atoms with Crippen molar-refractivity contribution in [1.82, 2.24) is 4.90 Å². The molecule has 7 nitrogen and oxygen atoms in total. The van der Waals surface area contributed by atoms with Crippen LogP contribution in [0.25, 0.3) is 0 Å². The zero-order valence-electron chi connectivity index (χ0n) is 20.0. The number of fused-ring (bicyclic) bond motifs is 1. The maximum absolute atomic E-state index is 13.3. The summed E-state index contributed by atoms with van der Waals surface area (Å²) in [6.45, 7) is 4.40. The highest BCUT2D eigenvalue weighted by Gasteiger charge is 2.32. The number of nitrogens with one attached hydrogen (secondary N) is 3. The number of hydroxylamine groups is 2. The average molecular weight is 521 g/mol. The molecule has 2 fully saturated rings. The Hall–Kier alpha value is -2.03. The second kappa shape index (κ2) is 11.4. The number of quaternary nitrogens is 1. The van der Waals surface area contributed by atoms with Crippen LogP contribution in [-0.2, 0) is 6.54 Å². The smallest absolute Gasteiger partial charge is 0.257 e. The number of likely N-dealkylation sites (tertiary alicyclic amines) is 1. The van der Waals surface area contributed by atoms with E-state index in [0.717, 1.165) is 30.8 Å². The lowest BCUT2D eigenvalue weighted by Gasteiger charge is -2.39. The van der Waals surface area contributed by atoms with Crippen LogP contribution in [0.3, 0.4) is 0 Å². The van der Waals surface area contributed by atoms with E-state index in [1.807, 2.05) is 24.3 Å². The summed E-state index contributed by atoms with van der Waals surface area (Å²) in [6, 6.07) is 11.6. The largest absolute Gasteiger partial charge is 0.631 e. The second-order valence-corrected chi connectivity index (χ2v) is 10.2. The number of ether oxygens (including phenoxy) is 1. The Labute approximate surface area is 218 Å². The Morgan fingerprint density at radius 3 is 2.69 bits per heavy atom. The van der Waals surface area contributed by atoms with E-state index in [4.69, 9.17) is 16.3 Å². The molecule has 0 radical (unpaired) electrons. The van der Waals surface area contributed by atoms with Gasteiger partial charge in [-0.2, -0.15) is 0 Å². The molecule has 0 aromatic heterocycles. The van der Waals surface area contributed by atoms with Crippen molar-refractivity contribution in [3.63, 3.8) is 0 Å². The molecule has 1 unspecified atom stereocenters. The lowest BCUT2D eigenvalue weighted by atomic mass is 9.89. The van der Waals surface area contributed by atoms with Crippen LogP contribution >= 0.6 is 24.0 Å². The number of nitrogens with zero attached hydrogens (tertiary/aromatic N) is 1. The summed E-state index contributed by atoms with van der Waals surface area (Å²) in [4.78, 5) is 15.9. The van der Waals surface area contributed by atoms with E-state index >= 15 is 0 Å². The fraction of sp³-hybridized carbons (Fsp3) is 0.500. The molecule has 9 heteroatoms. The van der Waals surface area contributed by atoms with E-state index in [-0.39, 0.29) is 23.4 Å². The van der Waals surface area contributed by atoms with Crippen LogP contribution < -0.4 is 20.4 Å². The molecule has 5 rings (SSSR count). The van der Waals surface area contributed by atoms with Gasteiger partial charge in [-0.25, -0.2) is 0 Å². The van der Waals surface area contributed by atoms with Crippen LogP contribution in [0.2, 0.25) is 5.02 Å². The average Bonchev–Trinajstić information content (AvgIpc) is 3.35. The topological polar surface area (TPSA) is 81.1 Å². The van der Waals surface area contributed by atoms with Crippen molar-refractivity contribution in [1.29, 1.82) is 0 Å². The minimum atomic E-state index is -0.431. The summed E-state index contributed by atoms with van der Waals surface area (Å²) in [7, 11) is 0. The molecule has 2 aromatic carbocycles. The Morgan fingerprint density at radius 1 is 1.11 bits per heavy atom. The van der Waals surface area contributed by atoms with Crippen LogP contribution in [0.1, 0.15) is 61.4 Å². The number of halogens is 2. The van der Waals surface area contributed by atoms with Gasteiger partial charge in [0.1, 0.15) is 12.3 Å². The van der Waals surface area contributed by atoms with E-state index in [9.17, 15) is 10.0 Å². The van der Waals surface area contributed by atoms with Gasteiger partial charge >= 0.3 is 0 Å². The van der Waals surface area contributed by atoms with Gasteiger partial charge in [-0.15, -0.1) is 12.4 Å². The molecule has 1 aliphatic carbocycles. The Bertz CT molecular complexity index is 1050. The first-order valence-electron chi connectivity index (χ1n) is 12.4. The Balaban J connectivity index is 0.00000289. The van der Waals surface area contributed by atoms with E-state index < -0.39 is 6.23 Å². The zero-order valence-corrected chi connectivity index (χ0v) is 21.6. The molecule has 3 aliphatic rings. The zero-order chi connectivity index (χ0) is 23.7. The lowest BCUT2D eigenvalue weighted by molar-refractivity contribution is -0.911. The van der Waals surface area contributed by atoms with Gasteiger partial charge in [0.2, 0.25) is 6.23 Å². The van der Waals surface area contributed by atoms with E-state index in [0.29, 0.717) is 40.7 Å². The fourth-order valence-electron chi connectivity index (χ4n) is 5.52. The maximum Gasteiger partial charge on any atom is 0.257 e. The van der Waals surface area contributed by atoms with Gasteiger partial charge in [0, 0.05) is 35.4 Å². The third kappa shape index (κ3) is 5.87. The van der Waals surface area contributed by atoms with E-state index in [1.165, 1.54) is 32.1 Å². The van der Waals surface area contributed by atoms with Gasteiger partial charge in [-0.3, -0.25) is 9.69 Å². The number of anilines is 2. The number of carbonyl (C=O) groups excluding carboxylic acids is 1. The predicted octanol–water partition coefficient (Wildman–Crippen LogP) is 4.45. The molecule has 2 aliphatic heterocycles. The van der Waals surface area contributed by atoms with Crippen LogP contribution in [-0.4, -0.2) is 42.2 Å². The summed E-state index contributed by atoms with van der Waals surface area (Å²) < 4.78 is 5.67. The number of rotatable bonds is 5. The fourth-order valence-corrected chi connectivity index (χ4v) is 5.69. The van der Waals surface area contributed by atoms with Crippen molar-refractivity contribution in [3.05, 3.63) is 57.8 Å².